The number of carbonyl (C=O) groups is 1. The zero-order chi connectivity index (χ0) is 13.7. The van der Waals surface area contributed by atoms with E-state index in [2.05, 4.69) is 10.3 Å². The molecule has 0 aliphatic carbocycles. The molecule has 0 bridgehead atoms. The number of aliphatic hydroxyl groups excluding tert-OH is 3. The molecule has 0 saturated heterocycles. The summed E-state index contributed by atoms with van der Waals surface area (Å²) in [4.78, 5) is 15.4. The van der Waals surface area contributed by atoms with Crippen molar-refractivity contribution in [3.05, 3.63) is 0 Å². The maximum Gasteiger partial charge on any atom is 0.239 e. The molecule has 0 fully saturated rings. The predicted molar refractivity (Wildman–Crippen MR) is 62.9 cm³/mol. The highest BCUT2D eigenvalue weighted by Gasteiger charge is 2.33. The number of hydrogen-bond acceptors (Lipinski definition) is 7. The summed E-state index contributed by atoms with van der Waals surface area (Å²) in [5, 5.41) is 30.6. The zero-order valence-electron chi connectivity index (χ0n) is 10.1. The molecule has 0 saturated carbocycles. The SMILES string of the molecule is C[C@@H](O)[C@H](NC(=O)[C@@H](N)CO)C(O)C1=NCCO1. The van der Waals surface area contributed by atoms with E-state index in [1.165, 1.54) is 6.92 Å². The number of nitrogens with zero attached hydrogens (tertiary/aromatic N) is 1. The maximum atomic E-state index is 11.5. The average molecular weight is 261 g/mol. The highest BCUT2D eigenvalue weighted by molar-refractivity contribution is 5.85. The molecule has 0 aromatic carbocycles. The monoisotopic (exact) mass is 261 g/mol. The molecule has 18 heavy (non-hydrogen) atoms. The highest BCUT2D eigenvalue weighted by atomic mass is 16.5. The van der Waals surface area contributed by atoms with Crippen molar-refractivity contribution < 1.29 is 24.9 Å². The summed E-state index contributed by atoms with van der Waals surface area (Å²) in [6.45, 7) is 1.69. The summed E-state index contributed by atoms with van der Waals surface area (Å²) in [5.74, 6) is -0.584. The van der Waals surface area contributed by atoms with Crippen LogP contribution in [0.15, 0.2) is 4.99 Å². The molecule has 1 aliphatic heterocycles. The van der Waals surface area contributed by atoms with Crippen molar-refractivity contribution >= 4 is 11.8 Å². The van der Waals surface area contributed by atoms with Crippen LogP contribution in [0.25, 0.3) is 0 Å². The van der Waals surface area contributed by atoms with Crippen LogP contribution in [-0.2, 0) is 9.53 Å². The normalized spacial score (nSPS) is 21.5. The molecule has 8 nitrogen and oxygen atoms in total. The molecule has 1 aliphatic rings. The van der Waals surface area contributed by atoms with E-state index in [1.807, 2.05) is 0 Å². The van der Waals surface area contributed by atoms with E-state index in [0.717, 1.165) is 0 Å². The van der Waals surface area contributed by atoms with Crippen molar-refractivity contribution in [2.24, 2.45) is 10.7 Å². The van der Waals surface area contributed by atoms with E-state index in [9.17, 15) is 15.0 Å². The quantitative estimate of drug-likeness (QED) is 0.345. The van der Waals surface area contributed by atoms with Gasteiger partial charge in [-0.1, -0.05) is 0 Å². The third-order valence-corrected chi connectivity index (χ3v) is 2.56. The van der Waals surface area contributed by atoms with Crippen LogP contribution < -0.4 is 11.1 Å². The van der Waals surface area contributed by atoms with Gasteiger partial charge in [-0.05, 0) is 6.92 Å². The van der Waals surface area contributed by atoms with Gasteiger partial charge in [0.2, 0.25) is 11.8 Å². The van der Waals surface area contributed by atoms with E-state index >= 15 is 0 Å². The Morgan fingerprint density at radius 1 is 1.61 bits per heavy atom. The topological polar surface area (TPSA) is 137 Å². The van der Waals surface area contributed by atoms with Crippen molar-refractivity contribution in [2.75, 3.05) is 19.8 Å². The Hall–Kier alpha value is -1.22. The first-order valence-corrected chi connectivity index (χ1v) is 5.67. The smallest absolute Gasteiger partial charge is 0.239 e. The minimum atomic E-state index is -1.25. The molecular weight excluding hydrogens is 242 g/mol. The van der Waals surface area contributed by atoms with Gasteiger partial charge in [0.25, 0.3) is 0 Å². The molecule has 6 N–H and O–H groups in total. The van der Waals surface area contributed by atoms with Gasteiger partial charge in [-0.3, -0.25) is 4.79 Å². The number of nitrogens with one attached hydrogen (secondary N) is 1. The number of aliphatic imine (C=N–C) groups is 1. The van der Waals surface area contributed by atoms with E-state index in [1.54, 1.807) is 0 Å². The van der Waals surface area contributed by atoms with E-state index in [0.29, 0.717) is 13.2 Å². The summed E-state index contributed by atoms with van der Waals surface area (Å²) in [6.07, 6.45) is -2.27. The Balaban J connectivity index is 2.67. The maximum absolute atomic E-state index is 11.5. The lowest BCUT2D eigenvalue weighted by Crippen LogP contribution is -2.56. The summed E-state index contributed by atoms with van der Waals surface area (Å²) >= 11 is 0. The number of aliphatic hydroxyl groups is 3. The number of hydrogen-bond donors (Lipinski definition) is 5. The fourth-order valence-corrected chi connectivity index (χ4v) is 1.50. The first-order chi connectivity index (χ1) is 8.47. The van der Waals surface area contributed by atoms with Crippen molar-refractivity contribution in [3.63, 3.8) is 0 Å². The molecule has 0 spiro atoms. The Morgan fingerprint density at radius 3 is 2.72 bits per heavy atom. The van der Waals surface area contributed by atoms with Crippen LogP contribution in [0, 0.1) is 0 Å². The first kappa shape index (κ1) is 14.8. The number of carbonyl (C=O) groups excluding carboxylic acids is 1. The van der Waals surface area contributed by atoms with Crippen LogP contribution in [0.1, 0.15) is 6.92 Å². The zero-order valence-corrected chi connectivity index (χ0v) is 10.1. The number of rotatable bonds is 6. The van der Waals surface area contributed by atoms with Gasteiger partial charge in [-0.25, -0.2) is 4.99 Å². The summed E-state index contributed by atoms with van der Waals surface area (Å²) in [5.41, 5.74) is 5.33. The molecule has 1 unspecified atom stereocenters. The predicted octanol–water partition coefficient (Wildman–Crippen LogP) is -3.04. The Bertz CT molecular complexity index is 321. The molecule has 1 amide bonds. The molecule has 1 heterocycles. The number of ether oxygens (including phenoxy) is 1. The van der Waals surface area contributed by atoms with Gasteiger partial charge in [-0.2, -0.15) is 0 Å². The van der Waals surface area contributed by atoms with E-state index in [4.69, 9.17) is 15.6 Å². The Labute approximate surface area is 104 Å². The minimum Gasteiger partial charge on any atom is -0.477 e. The van der Waals surface area contributed by atoms with Crippen molar-refractivity contribution in [3.8, 4) is 0 Å². The molecule has 4 atom stereocenters. The summed E-state index contributed by atoms with van der Waals surface area (Å²) in [7, 11) is 0. The molecule has 1 rings (SSSR count). The van der Waals surface area contributed by atoms with Gasteiger partial charge in [0.05, 0.1) is 25.3 Å². The lowest BCUT2D eigenvalue weighted by atomic mass is 10.1. The fraction of sp³-hybridized carbons (Fsp3) is 0.800. The van der Waals surface area contributed by atoms with Crippen LogP contribution in [0.4, 0.5) is 0 Å². The first-order valence-electron chi connectivity index (χ1n) is 5.67. The standard InChI is InChI=1S/C10H19N3O5/c1-5(15)7(13-9(17)6(11)4-14)8(16)10-12-2-3-18-10/h5-8,14-16H,2-4,11H2,1H3,(H,13,17)/t5-,6+,7+,8?/m1/s1. The van der Waals surface area contributed by atoms with Gasteiger partial charge in [0, 0.05) is 0 Å². The van der Waals surface area contributed by atoms with E-state index in [-0.39, 0.29) is 5.90 Å². The third kappa shape index (κ3) is 3.64. The van der Waals surface area contributed by atoms with Gasteiger partial charge >= 0.3 is 0 Å². The summed E-state index contributed by atoms with van der Waals surface area (Å²) < 4.78 is 5.07. The van der Waals surface area contributed by atoms with Crippen LogP contribution >= 0.6 is 0 Å². The van der Waals surface area contributed by atoms with Gasteiger partial charge in [0.1, 0.15) is 12.6 Å². The molecule has 0 aromatic rings. The number of nitrogens with two attached hydrogens (primary N) is 1. The molecule has 8 heteroatoms. The minimum absolute atomic E-state index is 0.0822. The lowest BCUT2D eigenvalue weighted by Gasteiger charge is -2.27. The highest BCUT2D eigenvalue weighted by Crippen LogP contribution is 2.07. The average Bonchev–Trinajstić information content (AvgIpc) is 2.87. The second-order valence-electron chi connectivity index (χ2n) is 4.08. The van der Waals surface area contributed by atoms with Crippen molar-refractivity contribution in [1.82, 2.24) is 5.32 Å². The number of amides is 1. The Morgan fingerprint density at radius 2 is 2.28 bits per heavy atom. The molecular formula is C10H19N3O5. The lowest BCUT2D eigenvalue weighted by molar-refractivity contribution is -0.125. The second kappa shape index (κ2) is 6.64. The largest absolute Gasteiger partial charge is 0.477 e. The van der Waals surface area contributed by atoms with E-state index < -0.39 is 36.8 Å². The molecule has 0 aromatic heterocycles. The van der Waals surface area contributed by atoms with Crippen molar-refractivity contribution in [2.45, 2.75) is 31.2 Å². The van der Waals surface area contributed by atoms with Crippen LogP contribution in [0.3, 0.4) is 0 Å². The molecule has 0 radical (unpaired) electrons. The second-order valence-corrected chi connectivity index (χ2v) is 4.08. The van der Waals surface area contributed by atoms with Crippen LogP contribution in [0.2, 0.25) is 0 Å². The Kier molecular flexibility index (Phi) is 5.48. The fourth-order valence-electron chi connectivity index (χ4n) is 1.50. The van der Waals surface area contributed by atoms with Gasteiger partial charge < -0.3 is 31.1 Å². The third-order valence-electron chi connectivity index (χ3n) is 2.56. The van der Waals surface area contributed by atoms with Crippen molar-refractivity contribution in [1.29, 1.82) is 0 Å². The van der Waals surface area contributed by atoms with Gasteiger partial charge in [-0.15, -0.1) is 0 Å². The molecule has 104 valence electrons. The van der Waals surface area contributed by atoms with Gasteiger partial charge in [0.15, 0.2) is 6.10 Å². The van der Waals surface area contributed by atoms with Crippen LogP contribution in [-0.4, -0.2) is 71.2 Å². The summed E-state index contributed by atoms with van der Waals surface area (Å²) in [6, 6.07) is -2.10. The van der Waals surface area contributed by atoms with Crippen LogP contribution in [0.5, 0.6) is 0 Å².